The van der Waals surface area contributed by atoms with Crippen LogP contribution in [-0.2, 0) is 14.3 Å². The lowest BCUT2D eigenvalue weighted by Gasteiger charge is -2.27. The van der Waals surface area contributed by atoms with E-state index < -0.39 is 11.6 Å². The third-order valence-corrected chi connectivity index (χ3v) is 3.49. The lowest BCUT2D eigenvalue weighted by molar-refractivity contribution is -0.134. The summed E-state index contributed by atoms with van der Waals surface area (Å²) in [6.07, 6.45) is 6.39. The molecule has 0 spiro atoms. The minimum Gasteiger partial charge on any atom is -0.466 e. The Morgan fingerprint density at radius 2 is 1.91 bits per heavy atom. The molecule has 0 saturated heterocycles. The van der Waals surface area contributed by atoms with Gasteiger partial charge in [0.05, 0.1) is 14.2 Å². The van der Waals surface area contributed by atoms with Crippen molar-refractivity contribution in [2.75, 3.05) is 14.2 Å². The molecule has 0 aliphatic carbocycles. The number of nitrogens with zero attached hydrogens (tertiary/aromatic N) is 1. The Labute approximate surface area is 136 Å². The second kappa shape index (κ2) is 6.01. The average molecular weight is 316 g/mol. The van der Waals surface area contributed by atoms with E-state index in [0.29, 0.717) is 0 Å². The van der Waals surface area contributed by atoms with E-state index in [9.17, 15) is 9.59 Å². The maximum Gasteiger partial charge on any atom is 0.526 e. The zero-order valence-electron chi connectivity index (χ0n) is 14.1. The lowest BCUT2D eigenvalue weighted by atomic mass is 10.1. The predicted molar refractivity (Wildman–Crippen MR) is 90.5 cm³/mol. The molecular formula is C18H22NO4+. The van der Waals surface area contributed by atoms with Crippen LogP contribution < -0.4 is 4.48 Å². The van der Waals surface area contributed by atoms with Crippen molar-refractivity contribution in [1.29, 1.82) is 0 Å². The SMILES string of the molecule is COC(=O)C=Cc1ccc2c(c1)C=C[N+]2(C)C(=O)OC(C)(C)C. The first kappa shape index (κ1) is 17.0. The Bertz CT molecular complexity index is 697. The molecule has 122 valence electrons. The van der Waals surface area contributed by atoms with Crippen LogP contribution in [0.25, 0.3) is 12.2 Å². The number of quaternary nitrogens is 1. The molecule has 1 amide bonds. The zero-order chi connectivity index (χ0) is 17.3. The molecular weight excluding hydrogens is 294 g/mol. The van der Waals surface area contributed by atoms with Crippen molar-refractivity contribution < 1.29 is 19.1 Å². The number of esters is 1. The van der Waals surface area contributed by atoms with Gasteiger partial charge in [-0.2, -0.15) is 9.28 Å². The Morgan fingerprint density at radius 1 is 1.22 bits per heavy atom. The largest absolute Gasteiger partial charge is 0.526 e. The third-order valence-electron chi connectivity index (χ3n) is 3.49. The summed E-state index contributed by atoms with van der Waals surface area (Å²) in [7, 11) is 3.13. The maximum absolute atomic E-state index is 12.5. The fourth-order valence-corrected chi connectivity index (χ4v) is 2.29. The first-order valence-corrected chi connectivity index (χ1v) is 7.35. The van der Waals surface area contributed by atoms with Gasteiger partial charge in [-0.15, -0.1) is 0 Å². The Kier molecular flexibility index (Phi) is 4.43. The summed E-state index contributed by atoms with van der Waals surface area (Å²) in [6, 6.07) is 5.64. The monoisotopic (exact) mass is 316 g/mol. The summed E-state index contributed by atoms with van der Waals surface area (Å²) in [6.45, 7) is 5.54. The van der Waals surface area contributed by atoms with Crippen LogP contribution in [-0.4, -0.2) is 31.8 Å². The number of hydrogen-bond acceptors (Lipinski definition) is 4. The number of amides is 1. The minimum absolute atomic E-state index is 0.0341. The Balaban J connectivity index is 2.28. The number of rotatable bonds is 2. The van der Waals surface area contributed by atoms with E-state index in [4.69, 9.17) is 4.74 Å². The molecule has 1 aliphatic heterocycles. The third kappa shape index (κ3) is 3.68. The molecule has 1 aliphatic rings. The van der Waals surface area contributed by atoms with E-state index in [1.165, 1.54) is 13.2 Å². The average Bonchev–Trinajstić information content (AvgIpc) is 2.81. The highest BCUT2D eigenvalue weighted by molar-refractivity contribution is 5.93. The molecule has 0 aromatic heterocycles. The van der Waals surface area contributed by atoms with Gasteiger partial charge in [0.1, 0.15) is 11.8 Å². The quantitative estimate of drug-likeness (QED) is 0.474. The van der Waals surface area contributed by atoms with Gasteiger partial charge in [0, 0.05) is 23.8 Å². The standard InChI is InChI=1S/C18H22NO4/c1-18(2,3)23-17(21)19(4)11-10-14-12-13(6-8-15(14)19)7-9-16(20)22-5/h6-12H,1-5H3/q+1. The highest BCUT2D eigenvalue weighted by Gasteiger charge is 2.41. The van der Waals surface area contributed by atoms with E-state index in [0.717, 1.165) is 16.8 Å². The van der Waals surface area contributed by atoms with Gasteiger partial charge in [0.25, 0.3) is 0 Å². The van der Waals surface area contributed by atoms with Gasteiger partial charge in [-0.1, -0.05) is 0 Å². The molecule has 2 rings (SSSR count). The molecule has 5 nitrogen and oxygen atoms in total. The van der Waals surface area contributed by atoms with Gasteiger partial charge in [-0.25, -0.2) is 4.79 Å². The van der Waals surface area contributed by atoms with Crippen LogP contribution in [0.2, 0.25) is 0 Å². The Hall–Kier alpha value is -2.40. The van der Waals surface area contributed by atoms with Gasteiger partial charge in [-0.05, 0) is 44.5 Å². The van der Waals surface area contributed by atoms with Crippen LogP contribution in [0.3, 0.4) is 0 Å². The summed E-state index contributed by atoms with van der Waals surface area (Å²) in [5.41, 5.74) is 2.08. The molecule has 0 radical (unpaired) electrons. The van der Waals surface area contributed by atoms with E-state index >= 15 is 0 Å². The first-order chi connectivity index (χ1) is 10.7. The van der Waals surface area contributed by atoms with Crippen molar-refractivity contribution >= 4 is 29.9 Å². The maximum atomic E-state index is 12.5. The molecule has 1 unspecified atom stereocenters. The fraction of sp³-hybridized carbons (Fsp3) is 0.333. The second-order valence-electron chi connectivity index (χ2n) is 6.55. The summed E-state index contributed by atoms with van der Waals surface area (Å²) < 4.78 is 10.0. The normalized spacial score (nSPS) is 19.7. The van der Waals surface area contributed by atoms with E-state index in [2.05, 4.69) is 4.74 Å². The smallest absolute Gasteiger partial charge is 0.466 e. The molecule has 1 aromatic rings. The van der Waals surface area contributed by atoms with Crippen molar-refractivity contribution in [1.82, 2.24) is 4.48 Å². The number of benzene rings is 1. The number of ether oxygens (including phenoxy) is 2. The number of carbonyl (C=O) groups is 2. The summed E-state index contributed by atoms with van der Waals surface area (Å²) in [5.74, 6) is -0.407. The minimum atomic E-state index is -0.544. The van der Waals surface area contributed by atoms with E-state index in [1.54, 1.807) is 19.3 Å². The van der Waals surface area contributed by atoms with Crippen LogP contribution in [0, 0.1) is 0 Å². The molecule has 0 saturated carbocycles. The van der Waals surface area contributed by atoms with Crippen molar-refractivity contribution in [2.24, 2.45) is 0 Å². The number of methoxy groups -OCH3 is 1. The summed E-state index contributed by atoms with van der Waals surface area (Å²) in [5, 5.41) is 0. The summed E-state index contributed by atoms with van der Waals surface area (Å²) in [4.78, 5) is 23.7. The molecule has 5 heteroatoms. The number of fused-ring (bicyclic) bond motifs is 1. The Morgan fingerprint density at radius 3 is 2.52 bits per heavy atom. The molecule has 1 atom stereocenters. The van der Waals surface area contributed by atoms with Crippen LogP contribution in [0.1, 0.15) is 31.9 Å². The molecule has 0 bridgehead atoms. The predicted octanol–water partition coefficient (Wildman–Crippen LogP) is 3.73. The van der Waals surface area contributed by atoms with Crippen molar-refractivity contribution in [3.63, 3.8) is 0 Å². The highest BCUT2D eigenvalue weighted by Crippen LogP contribution is 2.36. The molecule has 23 heavy (non-hydrogen) atoms. The topological polar surface area (TPSA) is 52.6 Å². The molecule has 1 heterocycles. The first-order valence-electron chi connectivity index (χ1n) is 7.35. The zero-order valence-corrected chi connectivity index (χ0v) is 14.1. The van der Waals surface area contributed by atoms with Crippen LogP contribution >= 0.6 is 0 Å². The van der Waals surface area contributed by atoms with Crippen molar-refractivity contribution in [3.8, 4) is 0 Å². The van der Waals surface area contributed by atoms with Gasteiger partial charge in [0.15, 0.2) is 5.69 Å². The van der Waals surface area contributed by atoms with E-state index in [1.807, 2.05) is 45.0 Å². The molecule has 0 N–H and O–H groups in total. The molecule has 0 fully saturated rings. The van der Waals surface area contributed by atoms with Gasteiger partial charge >= 0.3 is 12.1 Å². The van der Waals surface area contributed by atoms with Gasteiger partial charge < -0.3 is 9.47 Å². The van der Waals surface area contributed by atoms with Crippen molar-refractivity contribution in [3.05, 3.63) is 41.6 Å². The number of carbonyl (C=O) groups excluding carboxylic acids is 2. The summed E-state index contributed by atoms with van der Waals surface area (Å²) >= 11 is 0. The number of hydrogen-bond donors (Lipinski definition) is 0. The van der Waals surface area contributed by atoms with Gasteiger partial charge in [-0.3, -0.25) is 0 Å². The lowest BCUT2D eigenvalue weighted by Crippen LogP contribution is -2.47. The van der Waals surface area contributed by atoms with Crippen LogP contribution in [0.5, 0.6) is 0 Å². The fourth-order valence-electron chi connectivity index (χ4n) is 2.29. The van der Waals surface area contributed by atoms with Gasteiger partial charge in [0.2, 0.25) is 0 Å². The molecule has 1 aromatic carbocycles. The highest BCUT2D eigenvalue weighted by atomic mass is 16.6. The van der Waals surface area contributed by atoms with E-state index in [-0.39, 0.29) is 10.6 Å². The second-order valence-corrected chi connectivity index (χ2v) is 6.55. The van der Waals surface area contributed by atoms with Crippen molar-refractivity contribution in [2.45, 2.75) is 26.4 Å². The van der Waals surface area contributed by atoms with Crippen LogP contribution in [0.15, 0.2) is 30.5 Å². The van der Waals surface area contributed by atoms with Crippen LogP contribution in [0.4, 0.5) is 10.5 Å².